The molecule has 0 bridgehead atoms. The summed E-state index contributed by atoms with van der Waals surface area (Å²) in [6.07, 6.45) is 7.07. The SMILES string of the molecule is O=C(CCCSCC1CCCC1)c1ccc(F)cc1. The fraction of sp³-hybridized carbons (Fsp3) is 0.562. The molecule has 1 saturated carbocycles. The lowest BCUT2D eigenvalue weighted by Gasteiger charge is -2.07. The summed E-state index contributed by atoms with van der Waals surface area (Å²) in [6, 6.07) is 5.84. The predicted molar refractivity (Wildman–Crippen MR) is 79.2 cm³/mol. The van der Waals surface area contributed by atoms with Gasteiger partial charge in [-0.2, -0.15) is 11.8 Å². The van der Waals surface area contributed by atoms with Crippen molar-refractivity contribution in [3.05, 3.63) is 35.6 Å². The van der Waals surface area contributed by atoms with E-state index in [1.54, 1.807) is 12.1 Å². The number of benzene rings is 1. The van der Waals surface area contributed by atoms with Gasteiger partial charge in [-0.05, 0) is 61.0 Å². The Labute approximate surface area is 119 Å². The first-order valence-corrected chi connectivity index (χ1v) is 8.27. The minimum Gasteiger partial charge on any atom is -0.294 e. The smallest absolute Gasteiger partial charge is 0.162 e. The van der Waals surface area contributed by atoms with Crippen molar-refractivity contribution >= 4 is 17.5 Å². The second kappa shape index (κ2) is 7.68. The molecule has 1 aromatic carbocycles. The van der Waals surface area contributed by atoms with E-state index in [1.807, 2.05) is 11.8 Å². The largest absolute Gasteiger partial charge is 0.294 e. The molecule has 104 valence electrons. The normalized spacial score (nSPS) is 15.8. The fourth-order valence-corrected chi connectivity index (χ4v) is 3.72. The maximum atomic E-state index is 12.7. The molecule has 1 fully saturated rings. The highest BCUT2D eigenvalue weighted by atomic mass is 32.2. The molecule has 1 aliphatic rings. The fourth-order valence-electron chi connectivity index (χ4n) is 2.54. The Balaban J connectivity index is 1.59. The van der Waals surface area contributed by atoms with Gasteiger partial charge in [-0.25, -0.2) is 4.39 Å². The molecule has 0 radical (unpaired) electrons. The Morgan fingerprint density at radius 3 is 2.58 bits per heavy atom. The van der Waals surface area contributed by atoms with Gasteiger partial charge in [-0.3, -0.25) is 4.79 Å². The van der Waals surface area contributed by atoms with E-state index < -0.39 is 0 Å². The molecule has 2 rings (SSSR count). The van der Waals surface area contributed by atoms with E-state index in [0.717, 1.165) is 18.1 Å². The van der Waals surface area contributed by atoms with Gasteiger partial charge in [0.05, 0.1) is 0 Å². The van der Waals surface area contributed by atoms with Gasteiger partial charge in [0.25, 0.3) is 0 Å². The van der Waals surface area contributed by atoms with Crippen molar-refractivity contribution in [3.8, 4) is 0 Å². The Hall–Kier alpha value is -0.830. The minimum atomic E-state index is -0.288. The average molecular weight is 280 g/mol. The van der Waals surface area contributed by atoms with Crippen LogP contribution < -0.4 is 0 Å². The number of thioether (sulfide) groups is 1. The molecular formula is C16H21FOS. The molecule has 1 nitrogen and oxygen atoms in total. The van der Waals surface area contributed by atoms with Crippen molar-refractivity contribution in [1.82, 2.24) is 0 Å². The molecule has 0 saturated heterocycles. The number of halogens is 1. The molecular weight excluding hydrogens is 259 g/mol. The van der Waals surface area contributed by atoms with Crippen LogP contribution in [0.2, 0.25) is 0 Å². The highest BCUT2D eigenvalue weighted by Crippen LogP contribution is 2.28. The van der Waals surface area contributed by atoms with E-state index in [4.69, 9.17) is 0 Å². The highest BCUT2D eigenvalue weighted by Gasteiger charge is 2.14. The Bertz CT molecular complexity index is 396. The van der Waals surface area contributed by atoms with Crippen LogP contribution in [0.4, 0.5) is 4.39 Å². The lowest BCUT2D eigenvalue weighted by atomic mass is 10.1. The number of hydrogen-bond donors (Lipinski definition) is 0. The molecule has 0 aromatic heterocycles. The van der Waals surface area contributed by atoms with Gasteiger partial charge >= 0.3 is 0 Å². The van der Waals surface area contributed by atoms with Crippen LogP contribution in [0.3, 0.4) is 0 Å². The summed E-state index contributed by atoms with van der Waals surface area (Å²) in [5, 5.41) is 0. The van der Waals surface area contributed by atoms with Crippen molar-refractivity contribution < 1.29 is 9.18 Å². The van der Waals surface area contributed by atoms with E-state index in [-0.39, 0.29) is 11.6 Å². The zero-order chi connectivity index (χ0) is 13.5. The Morgan fingerprint density at radius 2 is 1.89 bits per heavy atom. The first-order valence-electron chi connectivity index (χ1n) is 7.12. The third-order valence-corrected chi connectivity index (χ3v) is 4.97. The molecule has 0 spiro atoms. The molecule has 0 heterocycles. The standard InChI is InChI=1S/C16H21FOS/c17-15-9-7-14(8-10-15)16(18)6-3-11-19-12-13-4-1-2-5-13/h7-10,13H,1-6,11-12H2. The van der Waals surface area contributed by atoms with Gasteiger partial charge in [0.2, 0.25) is 0 Å². The third kappa shape index (κ3) is 4.98. The average Bonchev–Trinajstić information content (AvgIpc) is 2.92. The van der Waals surface area contributed by atoms with Crippen LogP contribution in [0.25, 0.3) is 0 Å². The maximum absolute atomic E-state index is 12.7. The minimum absolute atomic E-state index is 0.126. The lowest BCUT2D eigenvalue weighted by Crippen LogP contribution is -2.01. The van der Waals surface area contributed by atoms with Crippen LogP contribution in [-0.4, -0.2) is 17.3 Å². The number of hydrogen-bond acceptors (Lipinski definition) is 2. The molecule has 1 aromatic rings. The number of Topliss-reactive ketones (excluding diaryl/α,β-unsaturated/α-hetero) is 1. The van der Waals surface area contributed by atoms with Crippen molar-refractivity contribution in [2.24, 2.45) is 5.92 Å². The summed E-state index contributed by atoms with van der Waals surface area (Å²) in [6.45, 7) is 0. The molecule has 0 N–H and O–H groups in total. The van der Waals surface area contributed by atoms with Crippen molar-refractivity contribution in [3.63, 3.8) is 0 Å². The molecule has 0 atom stereocenters. The van der Waals surface area contributed by atoms with Gasteiger partial charge in [0.1, 0.15) is 5.82 Å². The highest BCUT2D eigenvalue weighted by molar-refractivity contribution is 7.99. The number of carbonyl (C=O) groups is 1. The molecule has 19 heavy (non-hydrogen) atoms. The first kappa shape index (κ1) is 14.6. The van der Waals surface area contributed by atoms with Crippen LogP contribution in [0, 0.1) is 11.7 Å². The molecule has 0 aliphatic heterocycles. The summed E-state index contributed by atoms with van der Waals surface area (Å²) in [7, 11) is 0. The van der Waals surface area contributed by atoms with Crippen molar-refractivity contribution in [2.75, 3.05) is 11.5 Å². The summed E-state index contributed by atoms with van der Waals surface area (Å²) in [4.78, 5) is 11.8. The predicted octanol–water partition coefficient (Wildman–Crippen LogP) is 4.71. The van der Waals surface area contributed by atoms with Gasteiger partial charge < -0.3 is 0 Å². The van der Waals surface area contributed by atoms with Gasteiger partial charge in [-0.15, -0.1) is 0 Å². The van der Waals surface area contributed by atoms with E-state index >= 15 is 0 Å². The second-order valence-electron chi connectivity index (χ2n) is 5.26. The van der Waals surface area contributed by atoms with Crippen LogP contribution in [0.15, 0.2) is 24.3 Å². The van der Waals surface area contributed by atoms with Gasteiger partial charge in [0.15, 0.2) is 5.78 Å². The monoisotopic (exact) mass is 280 g/mol. The number of carbonyl (C=O) groups excluding carboxylic acids is 1. The topological polar surface area (TPSA) is 17.1 Å². The second-order valence-corrected chi connectivity index (χ2v) is 6.41. The summed E-state index contributed by atoms with van der Waals surface area (Å²) >= 11 is 1.98. The van der Waals surface area contributed by atoms with Crippen LogP contribution in [-0.2, 0) is 0 Å². The van der Waals surface area contributed by atoms with E-state index in [1.165, 1.54) is 43.6 Å². The van der Waals surface area contributed by atoms with E-state index in [9.17, 15) is 9.18 Å². The summed E-state index contributed by atoms with van der Waals surface area (Å²) in [5.41, 5.74) is 0.627. The quantitative estimate of drug-likeness (QED) is 0.531. The Kier molecular flexibility index (Phi) is 5.90. The van der Waals surface area contributed by atoms with Crippen molar-refractivity contribution in [2.45, 2.75) is 38.5 Å². The summed E-state index contributed by atoms with van der Waals surface area (Å²) < 4.78 is 12.7. The zero-order valence-corrected chi connectivity index (χ0v) is 12.1. The molecule has 0 unspecified atom stereocenters. The molecule has 0 amide bonds. The Morgan fingerprint density at radius 1 is 1.21 bits per heavy atom. The third-order valence-electron chi connectivity index (χ3n) is 3.69. The van der Waals surface area contributed by atoms with Gasteiger partial charge in [-0.1, -0.05) is 12.8 Å². The van der Waals surface area contributed by atoms with Crippen molar-refractivity contribution in [1.29, 1.82) is 0 Å². The number of ketones is 1. The summed E-state index contributed by atoms with van der Waals surface area (Å²) in [5.74, 6) is 3.07. The van der Waals surface area contributed by atoms with E-state index in [2.05, 4.69) is 0 Å². The molecule has 1 aliphatic carbocycles. The van der Waals surface area contributed by atoms with Crippen LogP contribution in [0.5, 0.6) is 0 Å². The zero-order valence-electron chi connectivity index (χ0n) is 11.2. The van der Waals surface area contributed by atoms with Gasteiger partial charge in [0, 0.05) is 12.0 Å². The first-order chi connectivity index (χ1) is 9.25. The lowest BCUT2D eigenvalue weighted by molar-refractivity contribution is 0.0982. The van der Waals surface area contributed by atoms with E-state index in [0.29, 0.717) is 12.0 Å². The number of rotatable bonds is 7. The van der Waals surface area contributed by atoms with Crippen LogP contribution in [0.1, 0.15) is 48.9 Å². The van der Waals surface area contributed by atoms with Crippen LogP contribution >= 0.6 is 11.8 Å². The maximum Gasteiger partial charge on any atom is 0.162 e. The molecule has 3 heteroatoms.